The lowest BCUT2D eigenvalue weighted by Gasteiger charge is -2.59. The molecule has 5 aliphatic rings. The molecule has 1 N–H and O–H groups in total. The Kier molecular flexibility index (Phi) is 3.67. The van der Waals surface area contributed by atoms with Gasteiger partial charge in [-0.2, -0.15) is 0 Å². The van der Waals surface area contributed by atoms with Crippen molar-refractivity contribution >= 4 is 5.91 Å². The standard InChI is InChI=1S/C21H27FN2O/c22-19-3-1-2-18(11-19)20(25)23-4-6-24(7-5-23)21-12-15-8-16(13-21)10-17(9-15)14-21/h1-3,11,15-17H,4-10,12-14H2/p+1. The normalized spacial score (nSPS) is 37.5. The second-order valence-electron chi connectivity index (χ2n) is 9.10. The summed E-state index contributed by atoms with van der Waals surface area (Å²) in [6, 6.07) is 6.11. The Morgan fingerprint density at radius 1 is 1.04 bits per heavy atom. The fraction of sp³-hybridized carbons (Fsp3) is 0.667. The zero-order chi connectivity index (χ0) is 17.0. The minimum atomic E-state index is -0.330. The molecule has 1 amide bonds. The Balaban J connectivity index is 1.27. The summed E-state index contributed by atoms with van der Waals surface area (Å²) in [6.45, 7) is 3.75. The number of hydrogen-bond acceptors (Lipinski definition) is 1. The molecule has 1 saturated heterocycles. The van der Waals surface area contributed by atoms with E-state index >= 15 is 0 Å². The number of hydrogen-bond donors (Lipinski definition) is 1. The van der Waals surface area contributed by atoms with E-state index in [9.17, 15) is 9.18 Å². The first kappa shape index (κ1) is 15.8. The van der Waals surface area contributed by atoms with Gasteiger partial charge >= 0.3 is 0 Å². The van der Waals surface area contributed by atoms with Crippen LogP contribution in [0.1, 0.15) is 48.9 Å². The average Bonchev–Trinajstić information content (AvgIpc) is 2.60. The number of quaternary nitrogens is 1. The van der Waals surface area contributed by atoms with Gasteiger partial charge in [-0.15, -0.1) is 0 Å². The molecule has 1 aromatic carbocycles. The quantitative estimate of drug-likeness (QED) is 0.874. The Morgan fingerprint density at radius 3 is 2.20 bits per heavy atom. The number of nitrogens with zero attached hydrogens (tertiary/aromatic N) is 1. The molecule has 6 rings (SSSR count). The van der Waals surface area contributed by atoms with E-state index in [0.29, 0.717) is 11.1 Å². The molecule has 1 heterocycles. The van der Waals surface area contributed by atoms with Gasteiger partial charge in [0.05, 0.1) is 31.7 Å². The van der Waals surface area contributed by atoms with Crippen molar-refractivity contribution in [1.82, 2.24) is 4.90 Å². The number of benzene rings is 1. The summed E-state index contributed by atoms with van der Waals surface area (Å²) in [7, 11) is 0. The van der Waals surface area contributed by atoms with Gasteiger partial charge in [-0.25, -0.2) is 4.39 Å². The Hall–Kier alpha value is -1.42. The predicted octanol–water partition coefficient (Wildman–Crippen LogP) is 2.14. The fourth-order valence-electron chi connectivity index (χ4n) is 6.86. The minimum Gasteiger partial charge on any atom is -0.327 e. The smallest absolute Gasteiger partial charge is 0.254 e. The van der Waals surface area contributed by atoms with Crippen molar-refractivity contribution in [2.75, 3.05) is 26.2 Å². The number of halogens is 1. The SMILES string of the molecule is O=C(c1cccc(F)c1)N1CC[NH+](C23CC4CC(CC(C4)C2)C3)CC1. The van der Waals surface area contributed by atoms with Crippen LogP contribution in [0.25, 0.3) is 0 Å². The first-order valence-electron chi connectivity index (χ1n) is 10.0. The van der Waals surface area contributed by atoms with Crippen molar-refractivity contribution in [3.8, 4) is 0 Å². The van der Waals surface area contributed by atoms with Crippen molar-refractivity contribution in [3.63, 3.8) is 0 Å². The summed E-state index contributed by atoms with van der Waals surface area (Å²) in [5.74, 6) is 2.59. The van der Waals surface area contributed by atoms with E-state index in [4.69, 9.17) is 0 Å². The molecule has 3 nitrogen and oxygen atoms in total. The van der Waals surface area contributed by atoms with E-state index in [1.54, 1.807) is 17.0 Å². The predicted molar refractivity (Wildman–Crippen MR) is 93.9 cm³/mol. The van der Waals surface area contributed by atoms with Crippen LogP contribution in [-0.2, 0) is 0 Å². The Morgan fingerprint density at radius 2 is 1.64 bits per heavy atom. The molecular formula is C21H28FN2O+. The highest BCUT2D eigenvalue weighted by Gasteiger charge is 2.56. The second kappa shape index (κ2) is 5.80. The lowest BCUT2D eigenvalue weighted by atomic mass is 9.52. The van der Waals surface area contributed by atoms with Crippen LogP contribution >= 0.6 is 0 Å². The van der Waals surface area contributed by atoms with Gasteiger partial charge in [-0.05, 0) is 55.2 Å². The van der Waals surface area contributed by atoms with Gasteiger partial charge in [0, 0.05) is 24.8 Å². The molecular weight excluding hydrogens is 315 g/mol. The fourth-order valence-corrected chi connectivity index (χ4v) is 6.86. The maximum absolute atomic E-state index is 13.4. The van der Waals surface area contributed by atoms with E-state index in [1.807, 2.05) is 4.90 Å². The van der Waals surface area contributed by atoms with Gasteiger partial charge in [0.25, 0.3) is 5.91 Å². The summed E-state index contributed by atoms with van der Waals surface area (Å²) in [4.78, 5) is 16.3. The molecule has 1 aliphatic heterocycles. The molecule has 0 radical (unpaired) electrons. The molecule has 0 unspecified atom stereocenters. The average molecular weight is 343 g/mol. The Bertz CT molecular complexity index is 645. The van der Waals surface area contributed by atoms with Crippen LogP contribution in [0.3, 0.4) is 0 Å². The number of amides is 1. The summed E-state index contributed by atoms with van der Waals surface area (Å²) in [5.41, 5.74) is 1.00. The minimum absolute atomic E-state index is 0.0101. The van der Waals surface area contributed by atoms with E-state index in [2.05, 4.69) is 0 Å². The van der Waals surface area contributed by atoms with Gasteiger partial charge in [-0.3, -0.25) is 4.79 Å². The highest BCUT2D eigenvalue weighted by Crippen LogP contribution is 2.54. The molecule has 4 bridgehead atoms. The summed E-state index contributed by atoms with van der Waals surface area (Å²) < 4.78 is 13.4. The highest BCUT2D eigenvalue weighted by molar-refractivity contribution is 5.94. The van der Waals surface area contributed by atoms with Crippen molar-refractivity contribution < 1.29 is 14.1 Å². The first-order chi connectivity index (χ1) is 12.1. The molecule has 25 heavy (non-hydrogen) atoms. The van der Waals surface area contributed by atoms with E-state index < -0.39 is 0 Å². The number of piperazine rings is 1. The third-order valence-electron chi connectivity index (χ3n) is 7.51. The van der Waals surface area contributed by atoms with Crippen molar-refractivity contribution in [2.45, 2.75) is 44.1 Å². The van der Waals surface area contributed by atoms with Crippen LogP contribution in [0.2, 0.25) is 0 Å². The summed E-state index contributed by atoms with van der Waals surface area (Å²) in [5, 5.41) is 0. The molecule has 134 valence electrons. The molecule has 4 aliphatic carbocycles. The van der Waals surface area contributed by atoms with Crippen LogP contribution in [0.4, 0.5) is 4.39 Å². The van der Waals surface area contributed by atoms with Crippen LogP contribution in [-0.4, -0.2) is 42.5 Å². The van der Waals surface area contributed by atoms with Crippen molar-refractivity contribution in [3.05, 3.63) is 35.6 Å². The maximum Gasteiger partial charge on any atom is 0.254 e. The summed E-state index contributed by atoms with van der Waals surface area (Å²) >= 11 is 0. The Labute approximate surface area is 149 Å². The molecule has 1 aromatic rings. The van der Waals surface area contributed by atoms with Gasteiger partial charge in [0.2, 0.25) is 0 Å². The van der Waals surface area contributed by atoms with Crippen LogP contribution in [0.5, 0.6) is 0 Å². The topological polar surface area (TPSA) is 24.8 Å². The zero-order valence-corrected chi connectivity index (χ0v) is 14.8. The highest BCUT2D eigenvalue weighted by atomic mass is 19.1. The van der Waals surface area contributed by atoms with E-state index in [-0.39, 0.29) is 11.7 Å². The third-order valence-corrected chi connectivity index (χ3v) is 7.51. The molecule has 0 atom stereocenters. The molecule has 5 fully saturated rings. The first-order valence-corrected chi connectivity index (χ1v) is 10.0. The number of nitrogens with one attached hydrogen (secondary N) is 1. The van der Waals surface area contributed by atoms with Crippen LogP contribution in [0, 0.1) is 23.6 Å². The molecule has 4 saturated carbocycles. The molecule has 4 heteroatoms. The lowest BCUT2D eigenvalue weighted by molar-refractivity contribution is -0.962. The number of rotatable bonds is 2. The largest absolute Gasteiger partial charge is 0.327 e. The van der Waals surface area contributed by atoms with Gasteiger partial charge in [0.15, 0.2) is 0 Å². The van der Waals surface area contributed by atoms with Gasteiger partial charge in [0.1, 0.15) is 5.82 Å². The summed E-state index contributed by atoms with van der Waals surface area (Å²) in [6.07, 6.45) is 8.72. The van der Waals surface area contributed by atoms with Crippen molar-refractivity contribution in [1.29, 1.82) is 0 Å². The van der Waals surface area contributed by atoms with E-state index in [0.717, 1.165) is 43.9 Å². The lowest BCUT2D eigenvalue weighted by Crippen LogP contribution is -3.23. The molecule has 0 aromatic heterocycles. The number of carbonyl (C=O) groups excluding carboxylic acids is 1. The monoisotopic (exact) mass is 343 g/mol. The van der Waals surface area contributed by atoms with Gasteiger partial charge in [-0.1, -0.05) is 6.07 Å². The van der Waals surface area contributed by atoms with Crippen molar-refractivity contribution in [2.24, 2.45) is 17.8 Å². The third kappa shape index (κ3) is 2.69. The van der Waals surface area contributed by atoms with E-state index in [1.165, 1.54) is 50.7 Å². The van der Waals surface area contributed by atoms with Crippen LogP contribution < -0.4 is 4.90 Å². The van der Waals surface area contributed by atoms with Gasteiger partial charge < -0.3 is 9.80 Å². The second-order valence-corrected chi connectivity index (χ2v) is 9.10. The molecule has 0 spiro atoms. The zero-order valence-electron chi connectivity index (χ0n) is 14.8. The maximum atomic E-state index is 13.4. The number of carbonyl (C=O) groups is 1. The van der Waals surface area contributed by atoms with Crippen LogP contribution in [0.15, 0.2) is 24.3 Å².